The highest BCUT2D eigenvalue weighted by Gasteiger charge is 2.32. The second-order valence-electron chi connectivity index (χ2n) is 5.35. The topological polar surface area (TPSA) is 69.6 Å². The van der Waals surface area contributed by atoms with Gasteiger partial charge in [0.25, 0.3) is 0 Å². The molecule has 0 spiro atoms. The van der Waals surface area contributed by atoms with Crippen molar-refractivity contribution in [2.75, 3.05) is 6.54 Å². The summed E-state index contributed by atoms with van der Waals surface area (Å²) in [6.45, 7) is 2.36. The molecule has 1 aromatic rings. The number of hydrogen-bond donors (Lipinski definition) is 2. The van der Waals surface area contributed by atoms with Gasteiger partial charge in [-0.15, -0.1) is 0 Å². The van der Waals surface area contributed by atoms with E-state index < -0.39 is 11.9 Å². The number of urea groups is 1. The van der Waals surface area contributed by atoms with Gasteiger partial charge in [0.15, 0.2) is 0 Å². The van der Waals surface area contributed by atoms with Gasteiger partial charge in [-0.3, -0.25) is 4.79 Å². The van der Waals surface area contributed by atoms with Gasteiger partial charge >= 0.3 is 12.0 Å². The summed E-state index contributed by atoms with van der Waals surface area (Å²) in [7, 11) is 0. The van der Waals surface area contributed by atoms with Gasteiger partial charge in [-0.2, -0.15) is 0 Å². The van der Waals surface area contributed by atoms with E-state index in [9.17, 15) is 14.0 Å². The maximum absolute atomic E-state index is 13.5. The zero-order valence-electron chi connectivity index (χ0n) is 11.9. The molecule has 0 aromatic heterocycles. The number of rotatable bonds is 3. The summed E-state index contributed by atoms with van der Waals surface area (Å²) in [5, 5.41) is 11.7. The summed E-state index contributed by atoms with van der Waals surface area (Å²) < 4.78 is 13.5. The van der Waals surface area contributed by atoms with Crippen LogP contribution in [0.25, 0.3) is 0 Å². The summed E-state index contributed by atoms with van der Waals surface area (Å²) in [6.07, 6.45) is 0.898. The second-order valence-corrected chi connectivity index (χ2v) is 5.35. The van der Waals surface area contributed by atoms with Gasteiger partial charge in [0.05, 0.1) is 5.92 Å². The van der Waals surface area contributed by atoms with Crippen LogP contribution < -0.4 is 5.32 Å². The predicted molar refractivity (Wildman–Crippen MR) is 75.2 cm³/mol. The standard InChI is InChI=1S/C15H19FN2O3/c1-10-8-11(14(19)20)6-7-18(10)15(21)17-9-12-4-2-3-5-13(12)16/h2-5,10-11H,6-9H2,1H3,(H,17,21)(H,19,20). The number of carboxylic acid groups (broad SMARTS) is 1. The van der Waals surface area contributed by atoms with Crippen LogP contribution in [0.2, 0.25) is 0 Å². The number of benzene rings is 1. The van der Waals surface area contributed by atoms with Crippen molar-refractivity contribution in [1.29, 1.82) is 0 Å². The Morgan fingerprint density at radius 2 is 2.14 bits per heavy atom. The number of likely N-dealkylation sites (tertiary alicyclic amines) is 1. The number of nitrogens with one attached hydrogen (secondary N) is 1. The predicted octanol–water partition coefficient (Wildman–Crippen LogP) is 2.22. The molecule has 2 amide bonds. The molecule has 6 heteroatoms. The molecule has 0 saturated carbocycles. The van der Waals surface area contributed by atoms with Gasteiger partial charge in [0.1, 0.15) is 5.82 Å². The Morgan fingerprint density at radius 3 is 2.76 bits per heavy atom. The Hall–Kier alpha value is -2.11. The highest BCUT2D eigenvalue weighted by atomic mass is 19.1. The maximum atomic E-state index is 13.5. The molecule has 0 bridgehead atoms. The Balaban J connectivity index is 1.89. The maximum Gasteiger partial charge on any atom is 0.317 e. The molecule has 0 radical (unpaired) electrons. The Labute approximate surface area is 122 Å². The Kier molecular flexibility index (Phi) is 4.77. The molecule has 1 saturated heterocycles. The fourth-order valence-electron chi connectivity index (χ4n) is 2.61. The molecule has 0 aliphatic carbocycles. The molecule has 2 atom stereocenters. The Bertz CT molecular complexity index is 535. The third-order valence-corrected chi connectivity index (χ3v) is 3.87. The number of aliphatic carboxylic acids is 1. The first kappa shape index (κ1) is 15.3. The lowest BCUT2D eigenvalue weighted by Gasteiger charge is -2.36. The first-order chi connectivity index (χ1) is 9.99. The normalized spacial score (nSPS) is 21.9. The van der Waals surface area contributed by atoms with Crippen LogP contribution in [0.3, 0.4) is 0 Å². The SMILES string of the molecule is CC1CC(C(=O)O)CCN1C(=O)NCc1ccccc1F. The van der Waals surface area contributed by atoms with Crippen molar-refractivity contribution in [3.05, 3.63) is 35.6 Å². The van der Waals surface area contributed by atoms with Gasteiger partial charge < -0.3 is 15.3 Å². The molecule has 1 heterocycles. The zero-order chi connectivity index (χ0) is 15.4. The first-order valence-electron chi connectivity index (χ1n) is 6.99. The van der Waals surface area contributed by atoms with Crippen molar-refractivity contribution in [3.63, 3.8) is 0 Å². The fourth-order valence-corrected chi connectivity index (χ4v) is 2.61. The number of carboxylic acids is 1. The van der Waals surface area contributed by atoms with Crippen LogP contribution in [0.1, 0.15) is 25.3 Å². The van der Waals surface area contributed by atoms with Crippen LogP contribution in [0.5, 0.6) is 0 Å². The smallest absolute Gasteiger partial charge is 0.317 e. The summed E-state index contributed by atoms with van der Waals surface area (Å²) in [5.41, 5.74) is 0.430. The lowest BCUT2D eigenvalue weighted by molar-refractivity contribution is -0.143. The number of carbonyl (C=O) groups excluding carboxylic acids is 1. The monoisotopic (exact) mass is 294 g/mol. The molecule has 5 nitrogen and oxygen atoms in total. The van der Waals surface area contributed by atoms with E-state index in [0.29, 0.717) is 24.9 Å². The molecule has 1 fully saturated rings. The molecule has 1 aliphatic heterocycles. The quantitative estimate of drug-likeness (QED) is 0.898. The van der Waals surface area contributed by atoms with Crippen molar-refractivity contribution in [2.45, 2.75) is 32.4 Å². The van der Waals surface area contributed by atoms with Gasteiger partial charge in [-0.25, -0.2) is 9.18 Å². The molecule has 2 unspecified atom stereocenters. The fraction of sp³-hybridized carbons (Fsp3) is 0.467. The van der Waals surface area contributed by atoms with Gasteiger partial charge in [-0.05, 0) is 25.8 Å². The van der Waals surface area contributed by atoms with Crippen molar-refractivity contribution in [1.82, 2.24) is 10.2 Å². The summed E-state index contributed by atoms with van der Waals surface area (Å²) in [5.74, 6) is -1.56. The molecule has 114 valence electrons. The number of halogens is 1. The molecule has 1 aromatic carbocycles. The third-order valence-electron chi connectivity index (χ3n) is 3.87. The van der Waals surface area contributed by atoms with Crippen molar-refractivity contribution < 1.29 is 19.1 Å². The summed E-state index contributed by atoms with van der Waals surface area (Å²) >= 11 is 0. The van der Waals surface area contributed by atoms with E-state index in [1.807, 2.05) is 6.92 Å². The van der Waals surface area contributed by atoms with Crippen LogP contribution in [0, 0.1) is 11.7 Å². The van der Waals surface area contributed by atoms with Crippen LogP contribution in [-0.4, -0.2) is 34.6 Å². The number of piperidine rings is 1. The number of amides is 2. The van der Waals surface area contributed by atoms with Gasteiger partial charge in [-0.1, -0.05) is 18.2 Å². The van der Waals surface area contributed by atoms with Gasteiger partial charge in [0, 0.05) is 24.7 Å². The third kappa shape index (κ3) is 3.71. The lowest BCUT2D eigenvalue weighted by atomic mass is 9.92. The average molecular weight is 294 g/mol. The van der Waals surface area contributed by atoms with Crippen LogP contribution >= 0.6 is 0 Å². The molecule has 1 aliphatic rings. The van der Waals surface area contributed by atoms with E-state index in [-0.39, 0.29) is 24.4 Å². The van der Waals surface area contributed by atoms with E-state index in [2.05, 4.69) is 5.32 Å². The summed E-state index contributed by atoms with van der Waals surface area (Å²) in [4.78, 5) is 24.7. The van der Waals surface area contributed by atoms with Crippen LogP contribution in [0.4, 0.5) is 9.18 Å². The minimum Gasteiger partial charge on any atom is -0.481 e. The van der Waals surface area contributed by atoms with E-state index in [4.69, 9.17) is 5.11 Å². The lowest BCUT2D eigenvalue weighted by Crippen LogP contribution is -2.50. The van der Waals surface area contributed by atoms with E-state index in [1.54, 1.807) is 23.1 Å². The molecular formula is C15H19FN2O3. The average Bonchev–Trinajstić information content (AvgIpc) is 2.46. The van der Waals surface area contributed by atoms with Crippen LogP contribution in [0.15, 0.2) is 24.3 Å². The minimum absolute atomic E-state index is 0.122. The van der Waals surface area contributed by atoms with E-state index in [1.165, 1.54) is 6.07 Å². The minimum atomic E-state index is -0.812. The van der Waals surface area contributed by atoms with E-state index in [0.717, 1.165) is 0 Å². The number of hydrogen-bond acceptors (Lipinski definition) is 2. The van der Waals surface area contributed by atoms with Crippen LogP contribution in [-0.2, 0) is 11.3 Å². The largest absolute Gasteiger partial charge is 0.481 e. The molecule has 21 heavy (non-hydrogen) atoms. The molecule has 2 rings (SSSR count). The zero-order valence-corrected chi connectivity index (χ0v) is 11.9. The van der Waals surface area contributed by atoms with Crippen molar-refractivity contribution >= 4 is 12.0 Å². The Morgan fingerprint density at radius 1 is 1.43 bits per heavy atom. The van der Waals surface area contributed by atoms with Crippen molar-refractivity contribution in [2.24, 2.45) is 5.92 Å². The number of nitrogens with zero attached hydrogens (tertiary/aromatic N) is 1. The highest BCUT2D eigenvalue weighted by molar-refractivity contribution is 5.75. The summed E-state index contributed by atoms with van der Waals surface area (Å²) in [6, 6.07) is 5.86. The van der Waals surface area contributed by atoms with E-state index >= 15 is 0 Å². The molecular weight excluding hydrogens is 275 g/mol. The highest BCUT2D eigenvalue weighted by Crippen LogP contribution is 2.23. The first-order valence-corrected chi connectivity index (χ1v) is 6.99. The second kappa shape index (κ2) is 6.56. The van der Waals surface area contributed by atoms with Crippen molar-refractivity contribution in [3.8, 4) is 0 Å². The van der Waals surface area contributed by atoms with Gasteiger partial charge in [0.2, 0.25) is 0 Å². The number of carbonyl (C=O) groups is 2. The molecule has 2 N–H and O–H groups in total.